The topological polar surface area (TPSA) is 75.6 Å². The summed E-state index contributed by atoms with van der Waals surface area (Å²) in [4.78, 5) is 23.2. The molecule has 3 unspecified atom stereocenters. The van der Waals surface area contributed by atoms with Gasteiger partial charge in [0.2, 0.25) is 5.91 Å². The molecule has 6 heteroatoms. The highest BCUT2D eigenvalue weighted by Crippen LogP contribution is 2.35. The van der Waals surface area contributed by atoms with Gasteiger partial charge in [-0.25, -0.2) is 0 Å². The highest BCUT2D eigenvalue weighted by atomic mass is 35.5. The molecule has 1 aromatic rings. The zero-order chi connectivity index (χ0) is 15.4. The van der Waals surface area contributed by atoms with Crippen LogP contribution in [0.3, 0.4) is 0 Å². The van der Waals surface area contributed by atoms with Gasteiger partial charge in [0.15, 0.2) is 0 Å². The fourth-order valence-corrected chi connectivity index (χ4v) is 2.60. The minimum Gasteiger partial charge on any atom is -0.481 e. The van der Waals surface area contributed by atoms with Crippen molar-refractivity contribution in [1.29, 1.82) is 0 Å². The Kier molecular flexibility index (Phi) is 5.20. The summed E-state index contributed by atoms with van der Waals surface area (Å²) in [6.07, 6.45) is 1.17. The maximum atomic E-state index is 12.2. The fourth-order valence-electron chi connectivity index (χ4n) is 2.47. The van der Waals surface area contributed by atoms with Crippen LogP contribution in [0.4, 0.5) is 0 Å². The lowest BCUT2D eigenvalue weighted by Gasteiger charge is -2.33. The molecule has 114 valence electrons. The number of halogens is 1. The van der Waals surface area contributed by atoms with Crippen LogP contribution in [0.25, 0.3) is 0 Å². The third-order valence-corrected chi connectivity index (χ3v) is 4.10. The summed E-state index contributed by atoms with van der Waals surface area (Å²) in [5, 5.41) is 12.5. The summed E-state index contributed by atoms with van der Waals surface area (Å²) < 4.78 is 5.13. The number of hydrogen-bond acceptors (Lipinski definition) is 3. The molecule has 0 aromatic heterocycles. The number of benzene rings is 1. The molecule has 21 heavy (non-hydrogen) atoms. The number of carbonyl (C=O) groups is 2. The van der Waals surface area contributed by atoms with E-state index in [2.05, 4.69) is 5.32 Å². The Morgan fingerprint density at radius 3 is 2.43 bits per heavy atom. The number of carbonyl (C=O) groups excluding carboxylic acids is 1. The van der Waals surface area contributed by atoms with Gasteiger partial charge >= 0.3 is 5.97 Å². The number of carboxylic acids is 1. The molecule has 1 aliphatic rings. The van der Waals surface area contributed by atoms with Crippen LogP contribution in [-0.4, -0.2) is 30.7 Å². The molecule has 1 saturated carbocycles. The molecule has 2 N–H and O–H groups in total. The van der Waals surface area contributed by atoms with E-state index in [1.165, 1.54) is 0 Å². The van der Waals surface area contributed by atoms with E-state index in [-0.39, 0.29) is 11.9 Å². The van der Waals surface area contributed by atoms with Gasteiger partial charge in [0.05, 0.1) is 24.5 Å². The number of methoxy groups -OCH3 is 1. The molecule has 3 atom stereocenters. The van der Waals surface area contributed by atoms with Crippen molar-refractivity contribution >= 4 is 23.5 Å². The normalized spacial score (nSPS) is 22.2. The number of carboxylic acid groups (broad SMARTS) is 1. The molecule has 0 heterocycles. The SMILES string of the molecule is COCC(NC(=O)C1CCC1C(=O)O)c1ccc(Cl)cc1. The van der Waals surface area contributed by atoms with Crippen molar-refractivity contribution in [3.05, 3.63) is 34.9 Å². The molecule has 2 rings (SSSR count). The zero-order valence-electron chi connectivity index (χ0n) is 11.7. The summed E-state index contributed by atoms with van der Waals surface area (Å²) in [5.41, 5.74) is 0.876. The van der Waals surface area contributed by atoms with Gasteiger partial charge in [-0.1, -0.05) is 23.7 Å². The number of aliphatic carboxylic acids is 1. The largest absolute Gasteiger partial charge is 0.481 e. The summed E-state index contributed by atoms with van der Waals surface area (Å²) >= 11 is 5.85. The second-order valence-electron chi connectivity index (χ2n) is 5.20. The Labute approximate surface area is 128 Å². The highest BCUT2D eigenvalue weighted by molar-refractivity contribution is 6.30. The molecule has 1 fully saturated rings. The molecule has 0 spiro atoms. The molecule has 1 aliphatic carbocycles. The lowest BCUT2D eigenvalue weighted by Crippen LogP contribution is -2.45. The monoisotopic (exact) mass is 311 g/mol. The smallest absolute Gasteiger partial charge is 0.307 e. The standard InChI is InChI=1S/C15H18ClNO4/c1-21-8-13(9-2-4-10(16)5-3-9)17-14(18)11-6-7-12(11)15(19)20/h2-5,11-13H,6-8H2,1H3,(H,17,18)(H,19,20). The van der Waals surface area contributed by atoms with Gasteiger partial charge in [-0.05, 0) is 30.5 Å². The first-order chi connectivity index (χ1) is 10.0. The van der Waals surface area contributed by atoms with Crippen LogP contribution in [0, 0.1) is 11.8 Å². The van der Waals surface area contributed by atoms with Gasteiger partial charge in [0.1, 0.15) is 0 Å². The quantitative estimate of drug-likeness (QED) is 0.845. The number of hydrogen-bond donors (Lipinski definition) is 2. The van der Waals surface area contributed by atoms with Crippen LogP contribution >= 0.6 is 11.6 Å². The summed E-state index contributed by atoms with van der Waals surface area (Å²) in [5.74, 6) is -2.16. The van der Waals surface area contributed by atoms with Crippen molar-refractivity contribution in [2.24, 2.45) is 11.8 Å². The van der Waals surface area contributed by atoms with E-state index in [9.17, 15) is 9.59 Å². The second-order valence-corrected chi connectivity index (χ2v) is 5.63. The lowest BCUT2D eigenvalue weighted by molar-refractivity contribution is -0.153. The average molecular weight is 312 g/mol. The van der Waals surface area contributed by atoms with Crippen molar-refractivity contribution in [2.45, 2.75) is 18.9 Å². The Balaban J connectivity index is 2.04. The minimum atomic E-state index is -0.906. The maximum absolute atomic E-state index is 12.2. The minimum absolute atomic E-state index is 0.231. The van der Waals surface area contributed by atoms with Crippen molar-refractivity contribution < 1.29 is 19.4 Å². The fraction of sp³-hybridized carbons (Fsp3) is 0.467. The third kappa shape index (κ3) is 3.74. The molecular formula is C15H18ClNO4. The lowest BCUT2D eigenvalue weighted by atomic mass is 9.73. The number of rotatable bonds is 6. The van der Waals surface area contributed by atoms with Gasteiger partial charge in [-0.15, -0.1) is 0 Å². The van der Waals surface area contributed by atoms with Crippen LogP contribution in [0.2, 0.25) is 5.02 Å². The van der Waals surface area contributed by atoms with Gasteiger partial charge in [0.25, 0.3) is 0 Å². The Bertz CT molecular complexity index is 517. The third-order valence-electron chi connectivity index (χ3n) is 3.85. The maximum Gasteiger partial charge on any atom is 0.307 e. The summed E-state index contributed by atoms with van der Waals surface area (Å²) in [6, 6.07) is 6.82. The Morgan fingerprint density at radius 2 is 1.95 bits per heavy atom. The van der Waals surface area contributed by atoms with E-state index in [1.807, 2.05) is 12.1 Å². The molecule has 0 saturated heterocycles. The summed E-state index contributed by atoms with van der Waals surface area (Å²) in [7, 11) is 1.55. The predicted octanol–water partition coefficient (Wildman–Crippen LogP) is 2.25. The van der Waals surface area contributed by atoms with E-state index in [4.69, 9.17) is 21.4 Å². The van der Waals surface area contributed by atoms with E-state index >= 15 is 0 Å². The zero-order valence-corrected chi connectivity index (χ0v) is 12.5. The van der Waals surface area contributed by atoms with Crippen molar-refractivity contribution in [2.75, 3.05) is 13.7 Å². The van der Waals surface area contributed by atoms with Crippen molar-refractivity contribution in [3.63, 3.8) is 0 Å². The molecule has 1 aromatic carbocycles. The molecule has 5 nitrogen and oxygen atoms in total. The van der Waals surface area contributed by atoms with Crippen molar-refractivity contribution in [3.8, 4) is 0 Å². The van der Waals surface area contributed by atoms with Crippen LogP contribution in [0.5, 0.6) is 0 Å². The van der Waals surface area contributed by atoms with E-state index in [1.54, 1.807) is 19.2 Å². The number of nitrogens with one attached hydrogen (secondary N) is 1. The van der Waals surface area contributed by atoms with Gasteiger partial charge in [-0.3, -0.25) is 9.59 Å². The van der Waals surface area contributed by atoms with E-state index < -0.39 is 17.8 Å². The van der Waals surface area contributed by atoms with Crippen molar-refractivity contribution in [1.82, 2.24) is 5.32 Å². The van der Waals surface area contributed by atoms with Crippen LogP contribution in [0.1, 0.15) is 24.4 Å². The Morgan fingerprint density at radius 1 is 1.33 bits per heavy atom. The van der Waals surface area contributed by atoms with Crippen LogP contribution in [0.15, 0.2) is 24.3 Å². The molecule has 1 amide bonds. The first kappa shape index (κ1) is 15.8. The van der Waals surface area contributed by atoms with E-state index in [0.29, 0.717) is 24.5 Å². The van der Waals surface area contributed by atoms with Crippen LogP contribution in [-0.2, 0) is 14.3 Å². The molecule has 0 radical (unpaired) electrons. The molecular weight excluding hydrogens is 294 g/mol. The van der Waals surface area contributed by atoms with Gasteiger partial charge in [0, 0.05) is 12.1 Å². The van der Waals surface area contributed by atoms with Crippen LogP contribution < -0.4 is 5.32 Å². The van der Waals surface area contributed by atoms with Gasteiger partial charge < -0.3 is 15.2 Å². The first-order valence-corrected chi connectivity index (χ1v) is 7.18. The molecule has 0 bridgehead atoms. The highest BCUT2D eigenvalue weighted by Gasteiger charge is 2.41. The summed E-state index contributed by atoms with van der Waals surface area (Å²) in [6.45, 7) is 0.317. The number of amides is 1. The Hall–Kier alpha value is -1.59. The predicted molar refractivity (Wildman–Crippen MR) is 78.1 cm³/mol. The van der Waals surface area contributed by atoms with E-state index in [0.717, 1.165) is 5.56 Å². The van der Waals surface area contributed by atoms with Gasteiger partial charge in [-0.2, -0.15) is 0 Å². The number of ether oxygens (including phenoxy) is 1. The first-order valence-electron chi connectivity index (χ1n) is 6.80. The second kappa shape index (κ2) is 6.91. The average Bonchev–Trinajstić information content (AvgIpc) is 2.37. The molecule has 0 aliphatic heterocycles.